The number of amides is 2. The summed E-state index contributed by atoms with van der Waals surface area (Å²) in [6, 6.07) is 15.8. The maximum absolute atomic E-state index is 12.3. The average Bonchev–Trinajstić information content (AvgIpc) is 2.81. The van der Waals surface area contributed by atoms with Crippen molar-refractivity contribution in [1.29, 1.82) is 0 Å². The van der Waals surface area contributed by atoms with Gasteiger partial charge < -0.3 is 19.9 Å². The summed E-state index contributed by atoms with van der Waals surface area (Å²) in [5.41, 5.74) is 5.48. The molecule has 1 atom stereocenters. The molecule has 0 aromatic heterocycles. The number of piperidine rings is 1. The highest BCUT2D eigenvalue weighted by molar-refractivity contribution is 5.94. The number of aryl methyl sites for hydroxylation is 1. The molecule has 0 spiro atoms. The second-order valence-corrected chi connectivity index (χ2v) is 10.9. The third kappa shape index (κ3) is 6.23. The summed E-state index contributed by atoms with van der Waals surface area (Å²) in [5, 5.41) is 3.65. The van der Waals surface area contributed by atoms with Crippen LogP contribution < -0.4 is 10.2 Å². The minimum absolute atomic E-state index is 0.110. The molecule has 6 heteroatoms. The van der Waals surface area contributed by atoms with E-state index in [0.717, 1.165) is 51.0 Å². The topological polar surface area (TPSA) is 61.9 Å². The zero-order chi connectivity index (χ0) is 25.2. The largest absolute Gasteiger partial charge is 0.444 e. The van der Waals surface area contributed by atoms with Crippen molar-refractivity contribution in [3.63, 3.8) is 0 Å². The molecule has 0 bridgehead atoms. The van der Waals surface area contributed by atoms with Crippen molar-refractivity contribution in [2.45, 2.75) is 84.5 Å². The fourth-order valence-electron chi connectivity index (χ4n) is 5.08. The Morgan fingerprint density at radius 1 is 1.00 bits per heavy atom. The van der Waals surface area contributed by atoms with Crippen LogP contribution in [-0.4, -0.2) is 47.7 Å². The number of nitrogens with one attached hydrogen (secondary N) is 1. The number of hydrogen-bond acceptors (Lipinski definition) is 4. The molecular formula is C29H39N3O3. The predicted octanol–water partition coefficient (Wildman–Crippen LogP) is 5.53. The molecule has 2 aromatic carbocycles. The van der Waals surface area contributed by atoms with Gasteiger partial charge in [0.1, 0.15) is 5.60 Å². The Balaban J connectivity index is 1.31. The number of ether oxygens (including phenoxy) is 1. The van der Waals surface area contributed by atoms with Gasteiger partial charge in [0.05, 0.1) is 0 Å². The molecular weight excluding hydrogens is 438 g/mol. The minimum atomic E-state index is -0.453. The van der Waals surface area contributed by atoms with Gasteiger partial charge in [0.15, 0.2) is 0 Å². The van der Waals surface area contributed by atoms with Gasteiger partial charge in [-0.25, -0.2) is 4.79 Å². The predicted molar refractivity (Wildman–Crippen MR) is 140 cm³/mol. The van der Waals surface area contributed by atoms with Gasteiger partial charge >= 0.3 is 6.09 Å². The standard InChI is InChI=1S/C29H39N3O3/c1-20-6-9-25-18-24(12-13-27(25)32(20)21(2)33)23-10-7-22(8-11-23)19-30-26-14-16-31(17-15-26)28(34)35-29(3,4)5/h7-8,10-13,18,20,26,30H,6,9,14-17,19H2,1-5H3/t20-/m0/s1. The summed E-state index contributed by atoms with van der Waals surface area (Å²) in [5.74, 6) is 0.110. The van der Waals surface area contributed by atoms with Crippen LogP contribution in [0.4, 0.5) is 10.5 Å². The van der Waals surface area contributed by atoms with Gasteiger partial charge in [-0.05, 0) is 87.8 Å². The Kier molecular flexibility index (Phi) is 7.50. The van der Waals surface area contributed by atoms with E-state index < -0.39 is 5.60 Å². The average molecular weight is 478 g/mol. The van der Waals surface area contributed by atoms with Crippen molar-refractivity contribution in [3.05, 3.63) is 53.6 Å². The Hall–Kier alpha value is -2.86. The number of benzene rings is 2. The molecule has 6 nitrogen and oxygen atoms in total. The second kappa shape index (κ2) is 10.4. The molecule has 0 unspecified atom stereocenters. The minimum Gasteiger partial charge on any atom is -0.444 e. The monoisotopic (exact) mass is 477 g/mol. The van der Waals surface area contributed by atoms with Crippen LogP contribution >= 0.6 is 0 Å². The van der Waals surface area contributed by atoms with Crippen LogP contribution in [0.15, 0.2) is 42.5 Å². The van der Waals surface area contributed by atoms with E-state index >= 15 is 0 Å². The fourth-order valence-corrected chi connectivity index (χ4v) is 5.08. The van der Waals surface area contributed by atoms with Crippen LogP contribution in [-0.2, 0) is 22.5 Å². The van der Waals surface area contributed by atoms with Crippen molar-refractivity contribution in [2.75, 3.05) is 18.0 Å². The quantitative estimate of drug-likeness (QED) is 0.629. The molecule has 2 heterocycles. The molecule has 1 saturated heterocycles. The van der Waals surface area contributed by atoms with Gasteiger partial charge in [-0.2, -0.15) is 0 Å². The molecule has 1 fully saturated rings. The van der Waals surface area contributed by atoms with E-state index in [0.29, 0.717) is 6.04 Å². The Morgan fingerprint density at radius 3 is 2.29 bits per heavy atom. The summed E-state index contributed by atoms with van der Waals surface area (Å²) < 4.78 is 5.49. The summed E-state index contributed by atoms with van der Waals surface area (Å²) in [6.07, 6.45) is 3.66. The first kappa shape index (κ1) is 25.2. The van der Waals surface area contributed by atoms with Gasteiger partial charge in [0.2, 0.25) is 5.91 Å². The van der Waals surface area contributed by atoms with Gasteiger partial charge in [0.25, 0.3) is 0 Å². The van der Waals surface area contributed by atoms with E-state index in [9.17, 15) is 9.59 Å². The number of carbonyl (C=O) groups excluding carboxylic acids is 2. The highest BCUT2D eigenvalue weighted by atomic mass is 16.6. The van der Waals surface area contributed by atoms with Gasteiger partial charge in [-0.1, -0.05) is 30.3 Å². The van der Waals surface area contributed by atoms with Crippen LogP contribution in [0.2, 0.25) is 0 Å². The number of likely N-dealkylation sites (tertiary alicyclic amines) is 1. The van der Waals surface area contributed by atoms with Gasteiger partial charge in [-0.3, -0.25) is 4.79 Å². The molecule has 35 heavy (non-hydrogen) atoms. The van der Waals surface area contributed by atoms with E-state index in [1.165, 1.54) is 22.3 Å². The van der Waals surface area contributed by atoms with Crippen molar-refractivity contribution >= 4 is 17.7 Å². The smallest absolute Gasteiger partial charge is 0.410 e. The van der Waals surface area contributed by atoms with E-state index in [1.54, 1.807) is 6.92 Å². The lowest BCUT2D eigenvalue weighted by Gasteiger charge is -2.34. The third-order valence-corrected chi connectivity index (χ3v) is 6.98. The number of hydrogen-bond donors (Lipinski definition) is 1. The lowest BCUT2D eigenvalue weighted by molar-refractivity contribution is -0.117. The third-order valence-electron chi connectivity index (χ3n) is 6.98. The maximum atomic E-state index is 12.3. The van der Waals surface area contributed by atoms with Crippen molar-refractivity contribution in [3.8, 4) is 11.1 Å². The highest BCUT2D eigenvalue weighted by Crippen LogP contribution is 2.34. The van der Waals surface area contributed by atoms with E-state index in [1.807, 2.05) is 30.6 Å². The van der Waals surface area contributed by atoms with Gasteiger partial charge in [0, 0.05) is 44.3 Å². The van der Waals surface area contributed by atoms with Crippen LogP contribution in [0.25, 0.3) is 11.1 Å². The Labute approximate surface area is 209 Å². The molecule has 1 N–H and O–H groups in total. The van der Waals surface area contributed by atoms with Crippen molar-refractivity contribution in [2.24, 2.45) is 0 Å². The molecule has 2 aliphatic rings. The van der Waals surface area contributed by atoms with E-state index in [4.69, 9.17) is 4.74 Å². The Morgan fingerprint density at radius 2 is 1.66 bits per heavy atom. The number of rotatable bonds is 4. The number of carbonyl (C=O) groups is 2. The van der Waals surface area contributed by atoms with Gasteiger partial charge in [-0.15, -0.1) is 0 Å². The van der Waals surface area contributed by atoms with Crippen molar-refractivity contribution in [1.82, 2.24) is 10.2 Å². The fraction of sp³-hybridized carbons (Fsp3) is 0.517. The zero-order valence-electron chi connectivity index (χ0n) is 21.8. The zero-order valence-corrected chi connectivity index (χ0v) is 21.8. The van der Waals surface area contributed by atoms with E-state index in [2.05, 4.69) is 54.7 Å². The van der Waals surface area contributed by atoms with Crippen molar-refractivity contribution < 1.29 is 14.3 Å². The lowest BCUT2D eigenvalue weighted by Crippen LogP contribution is -2.46. The lowest BCUT2D eigenvalue weighted by atomic mass is 9.93. The van der Waals surface area contributed by atoms with E-state index in [-0.39, 0.29) is 18.0 Å². The molecule has 2 amide bonds. The molecule has 0 saturated carbocycles. The molecule has 4 rings (SSSR count). The molecule has 188 valence electrons. The first-order chi connectivity index (χ1) is 16.6. The van der Waals surface area contributed by atoms with Crippen LogP contribution in [0.1, 0.15) is 65.0 Å². The number of fused-ring (bicyclic) bond motifs is 1. The van der Waals surface area contributed by atoms with Crippen LogP contribution in [0, 0.1) is 0 Å². The highest BCUT2D eigenvalue weighted by Gasteiger charge is 2.27. The first-order valence-electron chi connectivity index (χ1n) is 12.8. The molecule has 2 aromatic rings. The molecule has 0 radical (unpaired) electrons. The summed E-state index contributed by atoms with van der Waals surface area (Å²) in [6.45, 7) is 11.7. The number of nitrogens with zero attached hydrogens (tertiary/aromatic N) is 2. The summed E-state index contributed by atoms with van der Waals surface area (Å²) in [4.78, 5) is 28.1. The van der Waals surface area contributed by atoms with Crippen LogP contribution in [0.3, 0.4) is 0 Å². The van der Waals surface area contributed by atoms with Crippen LogP contribution in [0.5, 0.6) is 0 Å². The normalized spacial score (nSPS) is 18.8. The first-order valence-corrected chi connectivity index (χ1v) is 12.8. The summed E-state index contributed by atoms with van der Waals surface area (Å²) >= 11 is 0. The second-order valence-electron chi connectivity index (χ2n) is 10.9. The maximum Gasteiger partial charge on any atom is 0.410 e. The Bertz CT molecular complexity index is 1050. The molecule has 2 aliphatic heterocycles. The summed E-state index contributed by atoms with van der Waals surface area (Å²) in [7, 11) is 0. The SMILES string of the molecule is CC(=O)N1c2ccc(-c3ccc(CNC4CCN(C(=O)OC(C)(C)C)CC4)cc3)cc2CC[C@@H]1C. The number of anilines is 1. The molecule has 0 aliphatic carbocycles.